The second-order valence-electron chi connectivity index (χ2n) is 5.14. The molecule has 0 bridgehead atoms. The summed E-state index contributed by atoms with van der Waals surface area (Å²) >= 11 is 0. The van der Waals surface area contributed by atoms with E-state index in [9.17, 15) is 4.79 Å². The van der Waals surface area contributed by atoms with Crippen molar-refractivity contribution in [2.24, 2.45) is 5.92 Å². The molecule has 0 amide bonds. The Labute approximate surface area is 111 Å². The Kier molecular flexibility index (Phi) is 3.40. The molecule has 2 unspecified atom stereocenters. The van der Waals surface area contributed by atoms with E-state index in [2.05, 4.69) is 15.6 Å². The Morgan fingerprint density at radius 1 is 1.47 bits per heavy atom. The molecule has 1 aliphatic heterocycles. The van der Waals surface area contributed by atoms with Gasteiger partial charge in [-0.3, -0.25) is 4.98 Å². The van der Waals surface area contributed by atoms with Crippen molar-refractivity contribution in [3.63, 3.8) is 0 Å². The fourth-order valence-electron chi connectivity index (χ4n) is 3.00. The Bertz CT molecular complexity index is 610. The Hall–Kier alpha value is -1.59. The zero-order valence-electron chi connectivity index (χ0n) is 11.0. The molecule has 0 spiro atoms. The summed E-state index contributed by atoms with van der Waals surface area (Å²) < 4.78 is 5.04. The van der Waals surface area contributed by atoms with Crippen molar-refractivity contribution in [2.75, 3.05) is 20.1 Å². The van der Waals surface area contributed by atoms with Crippen LogP contribution in [0.3, 0.4) is 0 Å². The van der Waals surface area contributed by atoms with E-state index < -0.39 is 5.76 Å². The molecule has 2 atom stereocenters. The van der Waals surface area contributed by atoms with Crippen LogP contribution in [0.15, 0.2) is 27.4 Å². The Morgan fingerprint density at radius 2 is 2.37 bits per heavy atom. The first-order chi connectivity index (χ1) is 9.28. The number of nitrogens with one attached hydrogen (secondary N) is 3. The molecule has 5 nitrogen and oxygen atoms in total. The van der Waals surface area contributed by atoms with E-state index in [-0.39, 0.29) is 0 Å². The van der Waals surface area contributed by atoms with Crippen molar-refractivity contribution >= 4 is 11.1 Å². The van der Waals surface area contributed by atoms with Crippen LogP contribution < -0.4 is 16.4 Å². The minimum Gasteiger partial charge on any atom is -0.408 e. The standard InChI is InChI=1S/C14H19N3O2/c1-15-13(10-3-2-6-16-8-10)9-4-5-12-11(7-9)17-14(18)19-12/h4-5,7,10,13,15-16H,2-3,6,8H2,1H3,(H,17,18). The number of H-pyrrole nitrogens is 1. The lowest BCUT2D eigenvalue weighted by Crippen LogP contribution is -2.37. The number of benzene rings is 1. The molecule has 2 heterocycles. The molecule has 1 aromatic heterocycles. The van der Waals surface area contributed by atoms with Crippen molar-refractivity contribution < 1.29 is 4.42 Å². The van der Waals surface area contributed by atoms with Crippen LogP contribution in [0.2, 0.25) is 0 Å². The third-order valence-electron chi connectivity index (χ3n) is 3.92. The third kappa shape index (κ3) is 2.43. The van der Waals surface area contributed by atoms with Gasteiger partial charge < -0.3 is 15.1 Å². The maximum atomic E-state index is 11.2. The van der Waals surface area contributed by atoms with Crippen LogP contribution in [0.1, 0.15) is 24.4 Å². The molecule has 1 saturated heterocycles. The van der Waals surface area contributed by atoms with Crippen LogP contribution in [0.5, 0.6) is 0 Å². The summed E-state index contributed by atoms with van der Waals surface area (Å²) in [6.45, 7) is 2.15. The molecule has 102 valence electrons. The van der Waals surface area contributed by atoms with Crippen LogP contribution >= 0.6 is 0 Å². The lowest BCUT2D eigenvalue weighted by Gasteiger charge is -2.31. The highest BCUT2D eigenvalue weighted by Crippen LogP contribution is 2.28. The van der Waals surface area contributed by atoms with Crippen molar-refractivity contribution in [1.82, 2.24) is 15.6 Å². The molecule has 0 radical (unpaired) electrons. The maximum absolute atomic E-state index is 11.2. The molecule has 1 fully saturated rings. The number of aromatic amines is 1. The summed E-state index contributed by atoms with van der Waals surface area (Å²) in [5.41, 5.74) is 2.58. The minimum absolute atomic E-state index is 0.301. The van der Waals surface area contributed by atoms with E-state index in [1.54, 1.807) is 0 Å². The number of hydrogen-bond donors (Lipinski definition) is 3. The number of piperidine rings is 1. The quantitative estimate of drug-likeness (QED) is 0.780. The average Bonchev–Trinajstić information content (AvgIpc) is 2.80. The second kappa shape index (κ2) is 5.19. The van der Waals surface area contributed by atoms with Gasteiger partial charge in [-0.1, -0.05) is 6.07 Å². The molecule has 0 saturated carbocycles. The van der Waals surface area contributed by atoms with Gasteiger partial charge >= 0.3 is 5.76 Å². The zero-order valence-corrected chi connectivity index (χ0v) is 11.0. The van der Waals surface area contributed by atoms with Gasteiger partial charge in [0.2, 0.25) is 0 Å². The molecule has 5 heteroatoms. The average molecular weight is 261 g/mol. The van der Waals surface area contributed by atoms with Crippen LogP contribution in [0.25, 0.3) is 11.1 Å². The number of fused-ring (bicyclic) bond motifs is 1. The van der Waals surface area contributed by atoms with Crippen LogP contribution in [0.4, 0.5) is 0 Å². The molecule has 0 aliphatic carbocycles. The highest BCUT2D eigenvalue weighted by atomic mass is 16.4. The van der Waals surface area contributed by atoms with E-state index in [0.29, 0.717) is 17.5 Å². The molecular weight excluding hydrogens is 242 g/mol. The van der Waals surface area contributed by atoms with Crippen molar-refractivity contribution in [2.45, 2.75) is 18.9 Å². The lowest BCUT2D eigenvalue weighted by molar-refractivity contribution is 0.298. The van der Waals surface area contributed by atoms with Gasteiger partial charge in [0.15, 0.2) is 5.58 Å². The molecule has 3 N–H and O–H groups in total. The summed E-state index contributed by atoms with van der Waals surface area (Å²) in [5.74, 6) is 0.183. The number of rotatable bonds is 3. The highest BCUT2D eigenvalue weighted by molar-refractivity contribution is 5.72. The van der Waals surface area contributed by atoms with Gasteiger partial charge in [-0.15, -0.1) is 0 Å². The van der Waals surface area contributed by atoms with Gasteiger partial charge in [0, 0.05) is 6.04 Å². The molecule has 1 aromatic carbocycles. The second-order valence-corrected chi connectivity index (χ2v) is 5.14. The summed E-state index contributed by atoms with van der Waals surface area (Å²) in [7, 11) is 1.99. The predicted octanol–water partition coefficient (Wildman–Crippen LogP) is 1.38. The number of oxazole rings is 1. The first-order valence-electron chi connectivity index (χ1n) is 6.78. The summed E-state index contributed by atoms with van der Waals surface area (Å²) in [5, 5.41) is 6.84. The van der Waals surface area contributed by atoms with Crippen LogP contribution in [-0.4, -0.2) is 25.1 Å². The van der Waals surface area contributed by atoms with Crippen molar-refractivity contribution in [3.8, 4) is 0 Å². The largest absolute Gasteiger partial charge is 0.417 e. The SMILES string of the molecule is CNC(c1ccc2oc(=O)[nH]c2c1)C1CCCNC1. The van der Waals surface area contributed by atoms with E-state index in [0.717, 1.165) is 18.6 Å². The lowest BCUT2D eigenvalue weighted by atomic mass is 9.87. The van der Waals surface area contributed by atoms with Gasteiger partial charge in [0.1, 0.15) is 0 Å². The van der Waals surface area contributed by atoms with Gasteiger partial charge in [-0.25, -0.2) is 4.79 Å². The summed E-state index contributed by atoms with van der Waals surface area (Å²) in [4.78, 5) is 13.9. The molecular formula is C14H19N3O2. The van der Waals surface area contributed by atoms with E-state index in [1.165, 1.54) is 18.4 Å². The highest BCUT2D eigenvalue weighted by Gasteiger charge is 2.24. The normalized spacial score (nSPS) is 21.6. The van der Waals surface area contributed by atoms with Gasteiger partial charge in [0.05, 0.1) is 5.52 Å². The first kappa shape index (κ1) is 12.4. The van der Waals surface area contributed by atoms with Gasteiger partial charge in [-0.2, -0.15) is 0 Å². The Balaban J connectivity index is 1.93. The number of hydrogen-bond acceptors (Lipinski definition) is 4. The number of aromatic nitrogens is 1. The van der Waals surface area contributed by atoms with Crippen LogP contribution in [0, 0.1) is 5.92 Å². The molecule has 3 rings (SSSR count). The molecule has 19 heavy (non-hydrogen) atoms. The smallest absolute Gasteiger partial charge is 0.408 e. The summed E-state index contributed by atoms with van der Waals surface area (Å²) in [6, 6.07) is 6.21. The molecule has 1 aliphatic rings. The van der Waals surface area contributed by atoms with E-state index in [4.69, 9.17) is 4.42 Å². The van der Waals surface area contributed by atoms with Gasteiger partial charge in [-0.05, 0) is 56.6 Å². The van der Waals surface area contributed by atoms with Crippen molar-refractivity contribution in [3.05, 3.63) is 34.3 Å². The maximum Gasteiger partial charge on any atom is 0.417 e. The van der Waals surface area contributed by atoms with Gasteiger partial charge in [0.25, 0.3) is 0 Å². The monoisotopic (exact) mass is 261 g/mol. The van der Waals surface area contributed by atoms with E-state index >= 15 is 0 Å². The first-order valence-corrected chi connectivity index (χ1v) is 6.78. The topological polar surface area (TPSA) is 70.1 Å². The summed E-state index contributed by atoms with van der Waals surface area (Å²) in [6.07, 6.45) is 2.44. The molecule has 2 aromatic rings. The third-order valence-corrected chi connectivity index (χ3v) is 3.92. The zero-order chi connectivity index (χ0) is 13.2. The Morgan fingerprint density at radius 3 is 3.11 bits per heavy atom. The fraction of sp³-hybridized carbons (Fsp3) is 0.500. The van der Waals surface area contributed by atoms with E-state index in [1.807, 2.05) is 25.2 Å². The van der Waals surface area contributed by atoms with Crippen molar-refractivity contribution in [1.29, 1.82) is 0 Å². The predicted molar refractivity (Wildman–Crippen MR) is 74.2 cm³/mol. The fourth-order valence-corrected chi connectivity index (χ4v) is 3.00. The minimum atomic E-state index is -0.396. The van der Waals surface area contributed by atoms with Crippen LogP contribution in [-0.2, 0) is 0 Å².